The standard InChI is InChI=1S/C28H37FN8O2S/c1-18-3-2-6-36(13-18)24-32-25(34-26(33-24)39-17-27(4-5-27)14-35-7-9-38-10-8-35)37-15-28(16-37)21(29)11-20-22(28)19(12-30)23(31)40-20/h18,21H,2-11,13-17,31H2,1H3. The molecule has 214 valence electrons. The van der Waals surface area contributed by atoms with Crippen molar-refractivity contribution in [2.24, 2.45) is 11.3 Å². The number of nitrogens with zero attached hydrogens (tertiary/aromatic N) is 7. The Morgan fingerprint density at radius 1 is 1.15 bits per heavy atom. The van der Waals surface area contributed by atoms with E-state index in [9.17, 15) is 5.26 Å². The van der Waals surface area contributed by atoms with E-state index in [0.29, 0.717) is 60.5 Å². The highest BCUT2D eigenvalue weighted by Crippen LogP contribution is 2.53. The van der Waals surface area contributed by atoms with Gasteiger partial charge in [0.25, 0.3) is 0 Å². The highest BCUT2D eigenvalue weighted by atomic mass is 32.1. The highest BCUT2D eigenvalue weighted by Gasteiger charge is 2.58. The van der Waals surface area contributed by atoms with Crippen molar-refractivity contribution in [3.8, 4) is 12.1 Å². The second kappa shape index (κ2) is 9.96. The van der Waals surface area contributed by atoms with Crippen LogP contribution in [0, 0.1) is 22.7 Å². The van der Waals surface area contributed by atoms with Gasteiger partial charge in [-0.2, -0.15) is 20.2 Å². The minimum Gasteiger partial charge on any atom is -0.463 e. The van der Waals surface area contributed by atoms with E-state index >= 15 is 4.39 Å². The van der Waals surface area contributed by atoms with Crippen LogP contribution in [0.2, 0.25) is 0 Å². The fraction of sp³-hybridized carbons (Fsp3) is 0.714. The number of rotatable bonds is 7. The number of hydrogen-bond acceptors (Lipinski definition) is 11. The van der Waals surface area contributed by atoms with Crippen molar-refractivity contribution in [2.75, 3.05) is 81.2 Å². The quantitative estimate of drug-likeness (QED) is 0.534. The normalized spacial score (nSPS) is 26.8. The van der Waals surface area contributed by atoms with Crippen LogP contribution in [0.3, 0.4) is 0 Å². The molecule has 2 unspecified atom stereocenters. The summed E-state index contributed by atoms with van der Waals surface area (Å²) >= 11 is 1.35. The summed E-state index contributed by atoms with van der Waals surface area (Å²) in [6.07, 6.45) is 3.83. The number of nitrogens with two attached hydrogens (primary N) is 1. The number of ether oxygens (including phenoxy) is 2. The summed E-state index contributed by atoms with van der Waals surface area (Å²) in [6.45, 7) is 9.95. The van der Waals surface area contributed by atoms with Crippen LogP contribution in [0.4, 0.5) is 21.3 Å². The van der Waals surface area contributed by atoms with Crippen LogP contribution in [-0.4, -0.2) is 91.7 Å². The number of anilines is 3. The number of hydrogen-bond donors (Lipinski definition) is 1. The van der Waals surface area contributed by atoms with E-state index in [-0.39, 0.29) is 5.41 Å². The molecule has 0 amide bonds. The van der Waals surface area contributed by atoms with Gasteiger partial charge in [-0.05, 0) is 37.2 Å². The zero-order valence-electron chi connectivity index (χ0n) is 23.1. The Balaban J connectivity index is 1.12. The van der Waals surface area contributed by atoms with Crippen molar-refractivity contribution in [1.82, 2.24) is 19.9 Å². The lowest BCUT2D eigenvalue weighted by molar-refractivity contribution is 0.0231. The van der Waals surface area contributed by atoms with E-state index in [1.165, 1.54) is 17.8 Å². The maximum Gasteiger partial charge on any atom is 0.323 e. The molecule has 2 aromatic rings. The van der Waals surface area contributed by atoms with Gasteiger partial charge in [0, 0.05) is 62.5 Å². The lowest BCUT2D eigenvalue weighted by Crippen LogP contribution is -2.63. The molecule has 3 aliphatic heterocycles. The number of thiophene rings is 1. The number of nitrogen functional groups attached to an aromatic ring is 1. The third-order valence-electron chi connectivity index (χ3n) is 9.47. The van der Waals surface area contributed by atoms with E-state index in [1.54, 1.807) is 0 Å². The van der Waals surface area contributed by atoms with Gasteiger partial charge >= 0.3 is 6.01 Å². The topological polar surface area (TPSA) is 117 Å². The fourth-order valence-corrected chi connectivity index (χ4v) is 8.11. The molecular formula is C28H37FN8O2S. The SMILES string of the molecule is CC1CCCN(c2nc(OCC3(CN4CCOCC4)CC3)nc(N3CC4(C3)c3c(sc(N)c3C#N)CC4F)n2)C1. The first-order chi connectivity index (χ1) is 19.4. The molecule has 5 heterocycles. The van der Waals surface area contributed by atoms with Crippen LogP contribution in [0.15, 0.2) is 0 Å². The van der Waals surface area contributed by atoms with Crippen molar-refractivity contribution < 1.29 is 13.9 Å². The van der Waals surface area contributed by atoms with Crippen LogP contribution in [0.5, 0.6) is 6.01 Å². The van der Waals surface area contributed by atoms with Gasteiger partial charge < -0.3 is 25.0 Å². The Kier molecular flexibility index (Phi) is 6.52. The third-order valence-corrected chi connectivity index (χ3v) is 10.5. The maximum atomic E-state index is 15.5. The number of aromatic nitrogens is 3. The van der Waals surface area contributed by atoms with Gasteiger partial charge in [0.05, 0.1) is 30.8 Å². The zero-order chi connectivity index (χ0) is 27.5. The molecule has 7 rings (SSSR count). The molecule has 0 aromatic carbocycles. The Morgan fingerprint density at radius 3 is 2.60 bits per heavy atom. The molecule has 2 N–H and O–H groups in total. The van der Waals surface area contributed by atoms with E-state index < -0.39 is 11.6 Å². The first kappa shape index (κ1) is 26.2. The Morgan fingerprint density at radius 2 is 1.90 bits per heavy atom. The summed E-state index contributed by atoms with van der Waals surface area (Å²) in [7, 11) is 0. The fourth-order valence-electron chi connectivity index (χ4n) is 6.96. The Hall–Kier alpha value is -2.75. The Bertz CT molecular complexity index is 1310. The van der Waals surface area contributed by atoms with Crippen LogP contribution < -0.4 is 20.3 Å². The van der Waals surface area contributed by atoms with Gasteiger partial charge in [-0.1, -0.05) is 6.92 Å². The lowest BCUT2D eigenvalue weighted by Gasteiger charge is -2.49. The molecule has 4 fully saturated rings. The average Bonchev–Trinajstić information content (AvgIpc) is 3.54. The smallest absolute Gasteiger partial charge is 0.323 e. The van der Waals surface area contributed by atoms with Crippen molar-refractivity contribution in [3.05, 3.63) is 16.0 Å². The number of halogens is 1. The van der Waals surface area contributed by atoms with Crippen molar-refractivity contribution in [3.63, 3.8) is 0 Å². The summed E-state index contributed by atoms with van der Waals surface area (Å²) in [4.78, 5) is 22.0. The minimum atomic E-state index is -1.05. The molecular weight excluding hydrogens is 531 g/mol. The largest absolute Gasteiger partial charge is 0.463 e. The van der Waals surface area contributed by atoms with E-state index in [1.807, 2.05) is 4.90 Å². The first-order valence-corrected chi connectivity index (χ1v) is 15.3. The average molecular weight is 569 g/mol. The van der Waals surface area contributed by atoms with E-state index in [4.69, 9.17) is 30.2 Å². The Labute approximate surface area is 238 Å². The maximum absolute atomic E-state index is 15.5. The molecule has 1 spiro atoms. The van der Waals surface area contributed by atoms with Crippen LogP contribution in [0.1, 0.15) is 48.6 Å². The van der Waals surface area contributed by atoms with Crippen LogP contribution >= 0.6 is 11.3 Å². The molecule has 2 aliphatic carbocycles. The minimum absolute atomic E-state index is 0.138. The summed E-state index contributed by atoms with van der Waals surface area (Å²) in [5, 5.41) is 10.2. The molecule has 12 heteroatoms. The molecule has 2 atom stereocenters. The second-order valence-electron chi connectivity index (χ2n) is 12.5. The van der Waals surface area contributed by atoms with Gasteiger partial charge in [-0.25, -0.2) is 4.39 Å². The summed E-state index contributed by atoms with van der Waals surface area (Å²) in [5.74, 6) is 1.71. The molecule has 0 bridgehead atoms. The number of morpholine rings is 1. The van der Waals surface area contributed by atoms with E-state index in [0.717, 1.165) is 75.6 Å². The third kappa shape index (κ3) is 4.56. The number of nitriles is 1. The number of fused-ring (bicyclic) bond motifs is 2. The van der Waals surface area contributed by atoms with Crippen molar-refractivity contribution >= 4 is 28.2 Å². The van der Waals surface area contributed by atoms with Crippen molar-refractivity contribution in [1.29, 1.82) is 5.26 Å². The van der Waals surface area contributed by atoms with Gasteiger partial charge in [0.2, 0.25) is 11.9 Å². The second-order valence-corrected chi connectivity index (χ2v) is 13.7. The number of alkyl halides is 1. The molecule has 2 aromatic heterocycles. The lowest BCUT2D eigenvalue weighted by atomic mass is 9.73. The highest BCUT2D eigenvalue weighted by molar-refractivity contribution is 7.16. The number of piperidine rings is 1. The molecule has 5 aliphatic rings. The first-order valence-electron chi connectivity index (χ1n) is 14.5. The van der Waals surface area contributed by atoms with Gasteiger partial charge in [-0.3, -0.25) is 4.90 Å². The molecule has 40 heavy (non-hydrogen) atoms. The van der Waals surface area contributed by atoms with Crippen molar-refractivity contribution in [2.45, 2.75) is 50.6 Å². The molecule has 3 saturated heterocycles. The van der Waals surface area contributed by atoms with Gasteiger partial charge in [0.15, 0.2) is 0 Å². The molecule has 0 radical (unpaired) electrons. The van der Waals surface area contributed by atoms with Gasteiger partial charge in [-0.15, -0.1) is 11.3 Å². The van der Waals surface area contributed by atoms with Crippen LogP contribution in [-0.2, 0) is 16.6 Å². The summed E-state index contributed by atoms with van der Waals surface area (Å²) in [5.41, 5.74) is 6.76. The van der Waals surface area contributed by atoms with E-state index in [2.05, 4.69) is 22.8 Å². The zero-order valence-corrected chi connectivity index (χ0v) is 23.9. The monoisotopic (exact) mass is 568 g/mol. The van der Waals surface area contributed by atoms with Gasteiger partial charge in [0.1, 0.15) is 17.2 Å². The summed E-state index contributed by atoms with van der Waals surface area (Å²) < 4.78 is 27.3. The van der Waals surface area contributed by atoms with Crippen LogP contribution in [0.25, 0.3) is 0 Å². The molecule has 1 saturated carbocycles. The summed E-state index contributed by atoms with van der Waals surface area (Å²) in [6, 6.07) is 2.57. The molecule has 10 nitrogen and oxygen atoms in total. The predicted octanol–water partition coefficient (Wildman–Crippen LogP) is 2.77. The predicted molar refractivity (Wildman–Crippen MR) is 151 cm³/mol.